The molecule has 0 unspecified atom stereocenters. The molecule has 0 aliphatic rings. The smallest absolute Gasteiger partial charge is 0.193 e. The van der Waals surface area contributed by atoms with Crippen molar-refractivity contribution in [2.75, 3.05) is 0 Å². The summed E-state index contributed by atoms with van der Waals surface area (Å²) in [5, 5.41) is 10.5. The van der Waals surface area contributed by atoms with Gasteiger partial charge in [0.2, 0.25) is 0 Å². The first kappa shape index (κ1) is 14.6. The van der Waals surface area contributed by atoms with Crippen LogP contribution in [0.1, 0.15) is 29.8 Å². The second-order valence-electron chi connectivity index (χ2n) is 4.11. The Hall–Kier alpha value is -2.42. The number of rotatable bonds is 2. The van der Waals surface area contributed by atoms with Crippen molar-refractivity contribution in [1.29, 1.82) is 0 Å². The van der Waals surface area contributed by atoms with Crippen LogP contribution in [0.15, 0.2) is 65.8 Å². The minimum Gasteiger partial charge on any atom is -0.411 e. The summed E-state index contributed by atoms with van der Waals surface area (Å²) < 4.78 is 0. The zero-order valence-corrected chi connectivity index (χ0v) is 11.1. The Balaban J connectivity index is 0.000000312. The van der Waals surface area contributed by atoms with Crippen LogP contribution < -0.4 is 0 Å². The van der Waals surface area contributed by atoms with Crippen LogP contribution in [-0.2, 0) is 0 Å². The number of hydrogen-bond donors (Lipinski definition) is 1. The fourth-order valence-corrected chi connectivity index (χ4v) is 1.35. The van der Waals surface area contributed by atoms with Crippen molar-refractivity contribution in [3.05, 3.63) is 71.8 Å². The standard InChI is InChI=1S/C13H10O.C3H7NO/c14-13(11-7-3-1-4-8-11)12-9-5-2-6-10-12;1-3(2)4-5/h1-10H;5H,1-2H3. The van der Waals surface area contributed by atoms with Gasteiger partial charge >= 0.3 is 0 Å². The minimum absolute atomic E-state index is 0.0752. The van der Waals surface area contributed by atoms with Gasteiger partial charge in [-0.05, 0) is 13.8 Å². The maximum Gasteiger partial charge on any atom is 0.193 e. The van der Waals surface area contributed by atoms with Crippen LogP contribution in [-0.4, -0.2) is 16.7 Å². The van der Waals surface area contributed by atoms with Crippen LogP contribution in [0.4, 0.5) is 0 Å². The number of hydrogen-bond acceptors (Lipinski definition) is 3. The lowest BCUT2D eigenvalue weighted by atomic mass is 10.0. The van der Waals surface area contributed by atoms with E-state index in [1.807, 2.05) is 60.7 Å². The highest BCUT2D eigenvalue weighted by Gasteiger charge is 2.06. The predicted molar refractivity (Wildman–Crippen MR) is 76.9 cm³/mol. The van der Waals surface area contributed by atoms with Crippen molar-refractivity contribution < 1.29 is 10.0 Å². The molecule has 0 saturated carbocycles. The molecule has 3 heteroatoms. The number of carbonyl (C=O) groups is 1. The Labute approximate surface area is 113 Å². The maximum atomic E-state index is 11.8. The lowest BCUT2D eigenvalue weighted by Crippen LogP contribution is -1.99. The Morgan fingerprint density at radius 3 is 1.42 bits per heavy atom. The molecule has 0 aliphatic carbocycles. The molecule has 19 heavy (non-hydrogen) atoms. The highest BCUT2D eigenvalue weighted by Crippen LogP contribution is 2.08. The predicted octanol–water partition coefficient (Wildman–Crippen LogP) is 3.77. The molecule has 0 fully saturated rings. The van der Waals surface area contributed by atoms with Crippen molar-refractivity contribution >= 4 is 11.5 Å². The minimum atomic E-state index is 0.0752. The van der Waals surface area contributed by atoms with E-state index in [9.17, 15) is 4.79 Å². The molecule has 0 saturated heterocycles. The van der Waals surface area contributed by atoms with Gasteiger partial charge in [0.05, 0.1) is 5.71 Å². The maximum absolute atomic E-state index is 11.8. The average molecular weight is 255 g/mol. The van der Waals surface area contributed by atoms with E-state index >= 15 is 0 Å². The zero-order chi connectivity index (χ0) is 14.1. The first-order valence-corrected chi connectivity index (χ1v) is 5.95. The molecule has 0 amide bonds. The summed E-state index contributed by atoms with van der Waals surface area (Å²) in [4.78, 5) is 11.8. The molecule has 3 nitrogen and oxygen atoms in total. The van der Waals surface area contributed by atoms with E-state index in [-0.39, 0.29) is 5.78 Å². The molecule has 0 heterocycles. The third-order valence-corrected chi connectivity index (χ3v) is 2.27. The molecular formula is C16H17NO2. The average Bonchev–Trinajstić information content (AvgIpc) is 2.49. The topological polar surface area (TPSA) is 49.7 Å². The molecular weight excluding hydrogens is 238 g/mol. The van der Waals surface area contributed by atoms with Gasteiger partial charge in [0.1, 0.15) is 0 Å². The van der Waals surface area contributed by atoms with E-state index in [1.54, 1.807) is 13.8 Å². The van der Waals surface area contributed by atoms with Crippen LogP contribution in [0.5, 0.6) is 0 Å². The summed E-state index contributed by atoms with van der Waals surface area (Å²) in [5.74, 6) is 0.0752. The van der Waals surface area contributed by atoms with E-state index in [0.717, 1.165) is 11.1 Å². The van der Waals surface area contributed by atoms with Gasteiger partial charge in [0.15, 0.2) is 5.78 Å². The van der Waals surface area contributed by atoms with Gasteiger partial charge in [-0.2, -0.15) is 0 Å². The summed E-state index contributed by atoms with van der Waals surface area (Å²) in [6.45, 7) is 3.44. The fourth-order valence-electron chi connectivity index (χ4n) is 1.35. The Kier molecular flexibility index (Phi) is 6.03. The molecule has 0 spiro atoms. The van der Waals surface area contributed by atoms with Crippen LogP contribution in [0.2, 0.25) is 0 Å². The van der Waals surface area contributed by atoms with Gasteiger partial charge in [-0.3, -0.25) is 4.79 Å². The van der Waals surface area contributed by atoms with Crippen molar-refractivity contribution in [1.82, 2.24) is 0 Å². The summed E-state index contributed by atoms with van der Waals surface area (Å²) in [7, 11) is 0. The number of ketones is 1. The Morgan fingerprint density at radius 1 is 0.842 bits per heavy atom. The first-order valence-electron chi connectivity index (χ1n) is 5.95. The second kappa shape index (κ2) is 7.82. The van der Waals surface area contributed by atoms with E-state index in [1.165, 1.54) is 0 Å². The third kappa shape index (κ3) is 5.17. The van der Waals surface area contributed by atoms with Crippen LogP contribution in [0.25, 0.3) is 0 Å². The second-order valence-corrected chi connectivity index (χ2v) is 4.11. The third-order valence-electron chi connectivity index (χ3n) is 2.27. The summed E-state index contributed by atoms with van der Waals surface area (Å²) >= 11 is 0. The lowest BCUT2D eigenvalue weighted by molar-refractivity contribution is 0.103. The van der Waals surface area contributed by atoms with Gasteiger partial charge in [-0.25, -0.2) is 0 Å². The molecule has 98 valence electrons. The van der Waals surface area contributed by atoms with Crippen LogP contribution in [0, 0.1) is 0 Å². The van der Waals surface area contributed by atoms with Crippen molar-refractivity contribution in [2.45, 2.75) is 13.8 Å². The van der Waals surface area contributed by atoms with Crippen molar-refractivity contribution in [3.63, 3.8) is 0 Å². The van der Waals surface area contributed by atoms with Crippen molar-refractivity contribution in [3.8, 4) is 0 Å². The van der Waals surface area contributed by atoms with E-state index < -0.39 is 0 Å². The molecule has 1 N–H and O–H groups in total. The number of oxime groups is 1. The van der Waals surface area contributed by atoms with Crippen LogP contribution >= 0.6 is 0 Å². The van der Waals surface area contributed by atoms with Gasteiger partial charge in [0.25, 0.3) is 0 Å². The number of benzene rings is 2. The highest BCUT2D eigenvalue weighted by atomic mass is 16.4. The van der Waals surface area contributed by atoms with Gasteiger partial charge in [0, 0.05) is 11.1 Å². The highest BCUT2D eigenvalue weighted by molar-refractivity contribution is 6.08. The van der Waals surface area contributed by atoms with Crippen LogP contribution in [0.3, 0.4) is 0 Å². The first-order chi connectivity index (χ1) is 9.15. The zero-order valence-electron chi connectivity index (χ0n) is 11.1. The summed E-state index contributed by atoms with van der Waals surface area (Å²) in [6, 6.07) is 18.6. The lowest BCUT2D eigenvalue weighted by Gasteiger charge is -1.99. The fraction of sp³-hybridized carbons (Fsp3) is 0.125. The molecule has 0 bridgehead atoms. The Bertz CT molecular complexity index is 488. The quantitative estimate of drug-likeness (QED) is 0.384. The van der Waals surface area contributed by atoms with Gasteiger partial charge in [-0.1, -0.05) is 65.8 Å². The molecule has 2 aromatic rings. The van der Waals surface area contributed by atoms with Crippen molar-refractivity contribution in [2.24, 2.45) is 5.16 Å². The van der Waals surface area contributed by atoms with E-state index in [0.29, 0.717) is 5.71 Å². The molecule has 2 aromatic carbocycles. The summed E-state index contributed by atoms with van der Waals surface area (Å²) in [5.41, 5.74) is 2.16. The van der Waals surface area contributed by atoms with Gasteiger partial charge < -0.3 is 5.21 Å². The molecule has 0 aliphatic heterocycles. The summed E-state index contributed by atoms with van der Waals surface area (Å²) in [6.07, 6.45) is 0. The largest absolute Gasteiger partial charge is 0.411 e. The Morgan fingerprint density at radius 2 is 1.16 bits per heavy atom. The van der Waals surface area contributed by atoms with E-state index in [4.69, 9.17) is 5.21 Å². The number of carbonyl (C=O) groups excluding carboxylic acids is 1. The van der Waals surface area contributed by atoms with E-state index in [2.05, 4.69) is 5.16 Å². The monoisotopic (exact) mass is 255 g/mol. The number of nitrogens with zero attached hydrogens (tertiary/aromatic N) is 1. The molecule has 0 atom stereocenters. The van der Waals surface area contributed by atoms with Gasteiger partial charge in [-0.15, -0.1) is 0 Å². The normalized spacial score (nSPS) is 8.95. The molecule has 2 rings (SSSR count). The molecule has 0 aromatic heterocycles. The molecule has 0 radical (unpaired) electrons. The SMILES string of the molecule is CC(C)=NO.O=C(c1ccccc1)c1ccccc1.